The third-order valence-electron chi connectivity index (χ3n) is 2.99. The fourth-order valence-corrected chi connectivity index (χ4v) is 6.49. The van der Waals surface area contributed by atoms with Crippen LogP contribution in [0.25, 0.3) is 0 Å². The summed E-state index contributed by atoms with van der Waals surface area (Å²) < 4.78 is 68.8. The molecule has 0 bridgehead atoms. The predicted molar refractivity (Wildman–Crippen MR) is 77.5 cm³/mol. The minimum absolute atomic E-state index is 0.213. The molecule has 1 aromatic carbocycles. The van der Waals surface area contributed by atoms with Gasteiger partial charge in [-0.15, -0.1) is 8.42 Å². The maximum atomic E-state index is 12.6. The summed E-state index contributed by atoms with van der Waals surface area (Å²) >= 11 is 0. The average molecular weight is 347 g/mol. The van der Waals surface area contributed by atoms with Gasteiger partial charge in [0.1, 0.15) is 5.75 Å². The lowest BCUT2D eigenvalue weighted by Crippen LogP contribution is -2.31. The fraction of sp³-hybridized carbons (Fsp3) is 0.500. The van der Waals surface area contributed by atoms with Gasteiger partial charge in [-0.3, -0.25) is 3.63 Å². The molecule has 0 aliphatic heterocycles. The van der Waals surface area contributed by atoms with E-state index < -0.39 is 25.9 Å². The number of hydrogen-bond acceptors (Lipinski definition) is 3. The molecule has 9 heteroatoms. The molecular formula is C12H18F3O4S2+. The van der Waals surface area contributed by atoms with Crippen molar-refractivity contribution >= 4 is 20.4 Å². The first kappa shape index (κ1) is 18.1. The molecule has 0 unspecified atom stereocenters. The molecule has 4 nitrogen and oxygen atoms in total. The van der Waals surface area contributed by atoms with Gasteiger partial charge in [0, 0.05) is 21.8 Å². The molecule has 0 aromatic heterocycles. The summed E-state index contributed by atoms with van der Waals surface area (Å²) in [5.74, 6) is 0.967. The van der Waals surface area contributed by atoms with Crippen LogP contribution in [0, 0.1) is 0 Å². The Bertz CT molecular complexity index is 563. The van der Waals surface area contributed by atoms with Crippen molar-refractivity contribution in [2.75, 3.05) is 18.6 Å². The number of rotatable bonds is 6. The molecule has 1 aromatic rings. The Labute approximate surface area is 123 Å². The van der Waals surface area contributed by atoms with Crippen molar-refractivity contribution in [3.63, 3.8) is 0 Å². The summed E-state index contributed by atoms with van der Waals surface area (Å²) in [6.45, 7) is 3.27. The molecule has 0 radical (unpaired) electrons. The van der Waals surface area contributed by atoms with Crippen LogP contribution in [0.5, 0.6) is 5.75 Å². The molecule has 0 amide bonds. The second-order valence-electron chi connectivity index (χ2n) is 4.09. The van der Waals surface area contributed by atoms with E-state index in [4.69, 9.17) is 4.74 Å². The summed E-state index contributed by atoms with van der Waals surface area (Å²) in [4.78, 5) is 0.487. The van der Waals surface area contributed by atoms with Gasteiger partial charge in [-0.25, -0.2) is 0 Å². The highest BCUT2D eigenvalue weighted by Gasteiger charge is 2.56. The Morgan fingerprint density at radius 1 is 1.10 bits per heavy atom. The Morgan fingerprint density at radius 2 is 1.57 bits per heavy atom. The van der Waals surface area contributed by atoms with Gasteiger partial charge in [0.05, 0.1) is 12.0 Å². The van der Waals surface area contributed by atoms with E-state index in [9.17, 15) is 21.6 Å². The maximum absolute atomic E-state index is 12.6. The van der Waals surface area contributed by atoms with E-state index in [1.54, 1.807) is 38.1 Å². The summed E-state index contributed by atoms with van der Waals surface area (Å²) in [6, 6.07) is 6.30. The van der Waals surface area contributed by atoms with Gasteiger partial charge in [0.15, 0.2) is 0 Å². The molecular weight excluding hydrogens is 329 g/mol. The van der Waals surface area contributed by atoms with Crippen molar-refractivity contribution in [2.24, 2.45) is 0 Å². The van der Waals surface area contributed by atoms with E-state index in [1.165, 1.54) is 7.11 Å². The van der Waals surface area contributed by atoms with Crippen molar-refractivity contribution < 1.29 is 30.0 Å². The Hall–Kier alpha value is -0.930. The summed E-state index contributed by atoms with van der Waals surface area (Å²) in [7, 11) is -6.50. The van der Waals surface area contributed by atoms with Gasteiger partial charge in [0.2, 0.25) is 0 Å². The summed E-state index contributed by atoms with van der Waals surface area (Å²) in [6.07, 6.45) is 0. The monoisotopic (exact) mass is 347 g/mol. The van der Waals surface area contributed by atoms with E-state index in [1.807, 2.05) is 0 Å². The van der Waals surface area contributed by atoms with Crippen LogP contribution in [0.4, 0.5) is 13.2 Å². The number of methoxy groups -OCH3 is 1. The Morgan fingerprint density at radius 3 is 1.90 bits per heavy atom. The first-order chi connectivity index (χ1) is 9.62. The number of hydrogen-bond donors (Lipinski definition) is 0. The van der Waals surface area contributed by atoms with Gasteiger partial charge in [-0.1, -0.05) is 13.8 Å². The molecule has 0 saturated carbocycles. The molecule has 0 aliphatic rings. The zero-order valence-corrected chi connectivity index (χ0v) is 13.5. The normalized spacial score (nSPS) is 14.0. The zero-order valence-electron chi connectivity index (χ0n) is 11.8. The van der Waals surface area contributed by atoms with Crippen LogP contribution in [-0.4, -0.2) is 36.2 Å². The minimum atomic E-state index is -5.51. The summed E-state index contributed by atoms with van der Waals surface area (Å²) in [5.41, 5.74) is -5.37. The molecule has 0 atom stereocenters. The van der Waals surface area contributed by atoms with Crippen molar-refractivity contribution in [1.82, 2.24) is 0 Å². The SMILES string of the molecule is CCS(CC)([OH+]S(=O)(=O)C(F)(F)F)c1ccc(OC)cc1. The van der Waals surface area contributed by atoms with Crippen LogP contribution in [0.3, 0.4) is 0 Å². The van der Waals surface area contributed by atoms with E-state index in [0.717, 1.165) is 0 Å². The first-order valence-electron chi connectivity index (χ1n) is 6.10. The lowest BCUT2D eigenvalue weighted by atomic mass is 10.3. The minimum Gasteiger partial charge on any atom is -0.497 e. The van der Waals surface area contributed by atoms with E-state index in [-0.39, 0.29) is 11.5 Å². The van der Waals surface area contributed by atoms with Gasteiger partial charge in [0.25, 0.3) is 0 Å². The Balaban J connectivity index is 3.25. The lowest BCUT2D eigenvalue weighted by Gasteiger charge is -2.32. The third kappa shape index (κ3) is 3.83. The largest absolute Gasteiger partial charge is 0.572 e. The Kier molecular flexibility index (Phi) is 5.57. The lowest BCUT2D eigenvalue weighted by molar-refractivity contribution is -0.0540. The van der Waals surface area contributed by atoms with Crippen molar-refractivity contribution in [3.05, 3.63) is 24.3 Å². The first-order valence-corrected chi connectivity index (χ1v) is 9.47. The zero-order chi connectivity index (χ0) is 16.3. The smallest absolute Gasteiger partial charge is 0.497 e. The van der Waals surface area contributed by atoms with E-state index in [0.29, 0.717) is 10.6 Å². The van der Waals surface area contributed by atoms with Crippen molar-refractivity contribution in [2.45, 2.75) is 24.3 Å². The molecule has 1 rings (SSSR count). The van der Waals surface area contributed by atoms with Crippen molar-refractivity contribution in [3.8, 4) is 5.75 Å². The summed E-state index contributed by atoms with van der Waals surface area (Å²) in [5, 5.41) is 0. The second kappa shape index (κ2) is 6.45. The molecule has 0 spiro atoms. The van der Waals surface area contributed by atoms with Gasteiger partial charge < -0.3 is 4.74 Å². The molecule has 0 aliphatic carbocycles. The van der Waals surface area contributed by atoms with Crippen LogP contribution >= 0.6 is 10.3 Å². The molecule has 1 N–H and O–H groups in total. The number of ether oxygens (including phenoxy) is 1. The fourth-order valence-electron chi connectivity index (χ4n) is 1.75. The molecule has 0 fully saturated rings. The highest BCUT2D eigenvalue weighted by molar-refractivity contribution is 8.32. The van der Waals surface area contributed by atoms with Crippen LogP contribution in [0.15, 0.2) is 29.2 Å². The quantitative estimate of drug-likeness (QED) is 0.447. The number of halogens is 3. The van der Waals surface area contributed by atoms with Gasteiger partial charge >= 0.3 is 15.6 Å². The predicted octanol–water partition coefficient (Wildman–Crippen LogP) is 3.76. The maximum Gasteiger partial charge on any atom is 0.572 e. The van der Waals surface area contributed by atoms with Crippen LogP contribution in [-0.2, 0) is 10.1 Å². The van der Waals surface area contributed by atoms with Crippen molar-refractivity contribution in [1.29, 1.82) is 0 Å². The average Bonchev–Trinajstić information content (AvgIpc) is 2.44. The van der Waals surface area contributed by atoms with E-state index in [2.05, 4.69) is 3.63 Å². The topological polar surface area (TPSA) is 56.2 Å². The van der Waals surface area contributed by atoms with E-state index >= 15 is 0 Å². The highest BCUT2D eigenvalue weighted by Crippen LogP contribution is 2.56. The molecule has 0 saturated heterocycles. The van der Waals surface area contributed by atoms with Crippen LogP contribution < -0.4 is 4.74 Å². The van der Waals surface area contributed by atoms with Crippen LogP contribution in [0.2, 0.25) is 0 Å². The number of benzene rings is 1. The van der Waals surface area contributed by atoms with Gasteiger partial charge in [-0.2, -0.15) is 13.2 Å². The molecule has 122 valence electrons. The standard InChI is InChI=1S/C12H17F3O4S2/c1-4-20(5-2,19-21(16,17)12(13,14)15)11-8-6-10(18-3)7-9-11/h6-9H,4-5H2,1-3H3/p+1. The second-order valence-corrected chi connectivity index (χ2v) is 9.41. The highest BCUT2D eigenvalue weighted by atomic mass is 32.3. The van der Waals surface area contributed by atoms with Crippen LogP contribution in [0.1, 0.15) is 13.8 Å². The molecule has 21 heavy (non-hydrogen) atoms. The third-order valence-corrected chi connectivity index (χ3v) is 8.56. The molecule has 0 heterocycles. The van der Waals surface area contributed by atoms with Gasteiger partial charge in [-0.05, 0) is 24.3 Å². The number of alkyl halides is 3.